The summed E-state index contributed by atoms with van der Waals surface area (Å²) in [6, 6.07) is -0.650. The average Bonchev–Trinajstić information content (AvgIpc) is 2.52. The molecule has 0 radical (unpaired) electrons. The van der Waals surface area contributed by atoms with Gasteiger partial charge in [-0.25, -0.2) is 4.79 Å². The lowest BCUT2D eigenvalue weighted by Gasteiger charge is -2.20. The van der Waals surface area contributed by atoms with Gasteiger partial charge in [0.1, 0.15) is 12.6 Å². The number of rotatable bonds is 3. The Morgan fingerprint density at radius 1 is 1.57 bits per heavy atom. The fraction of sp³-hybridized carbons (Fsp3) is 0.750. The first-order valence-corrected chi connectivity index (χ1v) is 4.18. The van der Waals surface area contributed by atoms with E-state index in [-0.39, 0.29) is 26.0 Å². The first-order chi connectivity index (χ1) is 6.16. The molecule has 0 spiro atoms. The number of carboxylic acid groups (broad SMARTS) is 1. The summed E-state index contributed by atoms with van der Waals surface area (Å²) in [5.41, 5.74) is 0. The fourth-order valence-corrected chi connectivity index (χ4v) is 1.53. The fourth-order valence-electron chi connectivity index (χ4n) is 1.53. The number of hydrogen-bond donors (Lipinski definition) is 1. The molecule has 5 nitrogen and oxygen atoms in total. The summed E-state index contributed by atoms with van der Waals surface area (Å²) in [6.45, 7) is 0.489. The molecule has 1 amide bonds. The molecule has 1 saturated heterocycles. The van der Waals surface area contributed by atoms with Crippen molar-refractivity contribution >= 4 is 25.4 Å². The Morgan fingerprint density at radius 3 is 2.71 bits per heavy atom. The molecule has 1 aliphatic rings. The zero-order chi connectivity index (χ0) is 9.84. The van der Waals surface area contributed by atoms with Crippen molar-refractivity contribution < 1.29 is 19.4 Å². The van der Waals surface area contributed by atoms with Gasteiger partial charge in [0, 0.05) is 13.7 Å². The minimum absolute atomic E-state index is 0. The summed E-state index contributed by atoms with van der Waals surface area (Å²) in [5.74, 6) is -1.17. The molecule has 0 aromatic heterocycles. The molecular formula is C8H15NO4S. The van der Waals surface area contributed by atoms with Crippen molar-refractivity contribution in [2.75, 3.05) is 20.3 Å². The number of ether oxygens (including phenoxy) is 1. The first kappa shape index (κ1) is 13.2. The average molecular weight is 221 g/mol. The maximum absolute atomic E-state index is 11.3. The number of carbonyl (C=O) groups excluding carboxylic acids is 1. The summed E-state index contributed by atoms with van der Waals surface area (Å²) in [6.07, 6.45) is 1.30. The van der Waals surface area contributed by atoms with Gasteiger partial charge in [-0.05, 0) is 12.8 Å². The molecule has 1 atom stereocenters. The lowest BCUT2D eigenvalue weighted by Crippen LogP contribution is -2.42. The van der Waals surface area contributed by atoms with Crippen LogP contribution in [-0.2, 0) is 14.3 Å². The van der Waals surface area contributed by atoms with E-state index < -0.39 is 12.0 Å². The Morgan fingerprint density at radius 2 is 2.21 bits per heavy atom. The third-order valence-electron chi connectivity index (χ3n) is 2.13. The Hall–Kier alpha value is -0.750. The molecule has 0 aromatic rings. The lowest BCUT2D eigenvalue weighted by molar-refractivity contribution is -0.149. The van der Waals surface area contributed by atoms with Crippen molar-refractivity contribution in [3.63, 3.8) is 0 Å². The summed E-state index contributed by atoms with van der Waals surface area (Å²) in [4.78, 5) is 23.4. The molecule has 0 unspecified atom stereocenters. The summed E-state index contributed by atoms with van der Waals surface area (Å²) in [7, 11) is 1.42. The van der Waals surface area contributed by atoms with E-state index in [0.29, 0.717) is 13.0 Å². The molecular weight excluding hydrogens is 206 g/mol. The normalized spacial score (nSPS) is 20.4. The number of methoxy groups -OCH3 is 1. The second-order valence-corrected chi connectivity index (χ2v) is 3.02. The Labute approximate surface area is 89.5 Å². The number of carbonyl (C=O) groups is 2. The molecule has 1 fully saturated rings. The van der Waals surface area contributed by atoms with Crippen LogP contribution in [0, 0.1) is 0 Å². The molecule has 0 saturated carbocycles. The van der Waals surface area contributed by atoms with E-state index in [4.69, 9.17) is 5.11 Å². The van der Waals surface area contributed by atoms with Crippen LogP contribution < -0.4 is 0 Å². The van der Waals surface area contributed by atoms with Crippen LogP contribution in [0.3, 0.4) is 0 Å². The number of nitrogens with zero attached hydrogens (tertiary/aromatic N) is 1. The van der Waals surface area contributed by atoms with Gasteiger partial charge in [0.2, 0.25) is 5.91 Å². The number of hydrogen-bond acceptors (Lipinski definition) is 3. The molecule has 1 rings (SSSR count). The van der Waals surface area contributed by atoms with Crippen molar-refractivity contribution in [2.45, 2.75) is 18.9 Å². The molecule has 0 aromatic carbocycles. The largest absolute Gasteiger partial charge is 0.480 e. The smallest absolute Gasteiger partial charge is 0.326 e. The van der Waals surface area contributed by atoms with E-state index in [2.05, 4.69) is 4.74 Å². The second-order valence-electron chi connectivity index (χ2n) is 3.02. The van der Waals surface area contributed by atoms with Gasteiger partial charge >= 0.3 is 5.97 Å². The van der Waals surface area contributed by atoms with E-state index in [1.165, 1.54) is 12.0 Å². The van der Waals surface area contributed by atoms with Crippen molar-refractivity contribution in [1.29, 1.82) is 0 Å². The highest BCUT2D eigenvalue weighted by atomic mass is 32.1. The molecule has 6 heteroatoms. The molecule has 82 valence electrons. The maximum atomic E-state index is 11.3. The quantitative estimate of drug-likeness (QED) is 0.718. The molecule has 1 N–H and O–H groups in total. The molecule has 0 aliphatic carbocycles. The van der Waals surface area contributed by atoms with E-state index >= 15 is 0 Å². The maximum Gasteiger partial charge on any atom is 0.326 e. The van der Waals surface area contributed by atoms with Gasteiger partial charge in [-0.2, -0.15) is 13.5 Å². The number of likely N-dealkylation sites (tertiary alicyclic amines) is 1. The van der Waals surface area contributed by atoms with Crippen LogP contribution in [0.25, 0.3) is 0 Å². The Balaban J connectivity index is 0.00000169. The summed E-state index contributed by atoms with van der Waals surface area (Å²) >= 11 is 0. The number of carboxylic acids is 1. The van der Waals surface area contributed by atoms with Crippen molar-refractivity contribution in [1.82, 2.24) is 4.90 Å². The molecule has 1 heterocycles. The van der Waals surface area contributed by atoms with Crippen LogP contribution in [0.1, 0.15) is 12.8 Å². The molecule has 0 bridgehead atoms. The van der Waals surface area contributed by atoms with Crippen molar-refractivity contribution in [3.8, 4) is 0 Å². The highest BCUT2D eigenvalue weighted by Crippen LogP contribution is 2.17. The number of amides is 1. The first-order valence-electron chi connectivity index (χ1n) is 4.18. The van der Waals surface area contributed by atoms with Gasteiger partial charge in [0.05, 0.1) is 0 Å². The Kier molecular flexibility index (Phi) is 5.56. The van der Waals surface area contributed by atoms with Crippen LogP contribution in [0.4, 0.5) is 0 Å². The van der Waals surface area contributed by atoms with Crippen molar-refractivity contribution in [3.05, 3.63) is 0 Å². The zero-order valence-corrected chi connectivity index (χ0v) is 9.02. The van der Waals surface area contributed by atoms with Gasteiger partial charge in [-0.15, -0.1) is 0 Å². The van der Waals surface area contributed by atoms with E-state index in [1.54, 1.807) is 0 Å². The van der Waals surface area contributed by atoms with E-state index in [1.807, 2.05) is 0 Å². The van der Waals surface area contributed by atoms with Crippen LogP contribution >= 0.6 is 13.5 Å². The third-order valence-corrected chi connectivity index (χ3v) is 2.13. The van der Waals surface area contributed by atoms with Gasteiger partial charge in [-0.1, -0.05) is 0 Å². The lowest BCUT2D eigenvalue weighted by atomic mass is 10.2. The molecule has 14 heavy (non-hydrogen) atoms. The number of aliphatic carboxylic acids is 1. The van der Waals surface area contributed by atoms with Crippen LogP contribution in [0.5, 0.6) is 0 Å². The van der Waals surface area contributed by atoms with Gasteiger partial charge < -0.3 is 14.7 Å². The standard InChI is InChI=1S/C8H13NO4.H2S/c1-13-5-7(10)9-4-2-3-6(9)8(11)12;/h6H,2-5H2,1H3,(H,11,12);1H2/t6-;/m0./s1. The Bertz CT molecular complexity index is 221. The summed E-state index contributed by atoms with van der Waals surface area (Å²) < 4.78 is 4.66. The highest BCUT2D eigenvalue weighted by Gasteiger charge is 2.33. The van der Waals surface area contributed by atoms with Gasteiger partial charge in [0.25, 0.3) is 0 Å². The molecule has 1 aliphatic heterocycles. The van der Waals surface area contributed by atoms with E-state index in [9.17, 15) is 9.59 Å². The SMILES string of the molecule is COCC(=O)N1CCC[C@H]1C(=O)O.S. The van der Waals surface area contributed by atoms with Crippen molar-refractivity contribution in [2.24, 2.45) is 0 Å². The second kappa shape index (κ2) is 5.87. The highest BCUT2D eigenvalue weighted by molar-refractivity contribution is 7.59. The predicted octanol–water partition coefficient (Wildman–Crippen LogP) is -0.179. The van der Waals surface area contributed by atoms with Crippen LogP contribution in [0.2, 0.25) is 0 Å². The summed E-state index contributed by atoms with van der Waals surface area (Å²) in [5, 5.41) is 8.77. The topological polar surface area (TPSA) is 66.8 Å². The van der Waals surface area contributed by atoms with Crippen LogP contribution in [-0.4, -0.2) is 48.2 Å². The monoisotopic (exact) mass is 221 g/mol. The van der Waals surface area contributed by atoms with Crippen LogP contribution in [0.15, 0.2) is 0 Å². The van der Waals surface area contributed by atoms with E-state index in [0.717, 1.165) is 6.42 Å². The van der Waals surface area contributed by atoms with Gasteiger partial charge in [-0.3, -0.25) is 4.79 Å². The minimum atomic E-state index is -0.929. The minimum Gasteiger partial charge on any atom is -0.480 e. The predicted molar refractivity (Wildman–Crippen MR) is 54.6 cm³/mol. The van der Waals surface area contributed by atoms with Gasteiger partial charge in [0.15, 0.2) is 0 Å². The third kappa shape index (κ3) is 2.88. The zero-order valence-electron chi connectivity index (χ0n) is 8.02.